The highest BCUT2D eigenvalue weighted by molar-refractivity contribution is 6.04. The first-order chi connectivity index (χ1) is 11.3. The van der Waals surface area contributed by atoms with Crippen molar-refractivity contribution in [3.63, 3.8) is 0 Å². The third-order valence-electron chi connectivity index (χ3n) is 3.85. The van der Waals surface area contributed by atoms with Crippen LogP contribution in [0.4, 0.5) is 0 Å². The second-order valence-electron chi connectivity index (χ2n) is 5.33. The molecule has 1 aromatic heterocycles. The minimum absolute atomic E-state index is 0.127. The van der Waals surface area contributed by atoms with E-state index in [1.165, 1.54) is 0 Å². The lowest BCUT2D eigenvalue weighted by Crippen LogP contribution is -1.92. The van der Waals surface area contributed by atoms with Crippen LogP contribution in [0.2, 0.25) is 0 Å². The summed E-state index contributed by atoms with van der Waals surface area (Å²) in [6.07, 6.45) is 2.20. The Morgan fingerprint density at radius 1 is 1.22 bits per heavy atom. The Morgan fingerprint density at radius 3 is 2.65 bits per heavy atom. The molecule has 0 atom stereocenters. The minimum atomic E-state index is 0.127. The van der Waals surface area contributed by atoms with Gasteiger partial charge in [-0.15, -0.1) is 0 Å². The molecule has 0 bridgehead atoms. The van der Waals surface area contributed by atoms with E-state index in [9.17, 15) is 4.79 Å². The molecule has 0 aliphatic heterocycles. The second kappa shape index (κ2) is 6.67. The molecule has 0 fully saturated rings. The smallest absolute Gasteiger partial charge is 0.177 e. The largest absolute Gasteiger partial charge is 0.493 e. The highest BCUT2D eigenvalue weighted by Crippen LogP contribution is 2.38. The lowest BCUT2D eigenvalue weighted by Gasteiger charge is -2.05. The van der Waals surface area contributed by atoms with Crippen LogP contribution in [0.1, 0.15) is 22.3 Å². The molecule has 2 aromatic carbocycles. The zero-order chi connectivity index (χ0) is 16.2. The summed E-state index contributed by atoms with van der Waals surface area (Å²) in [5.74, 6) is 1.15. The first kappa shape index (κ1) is 15.3. The molecule has 1 N–H and O–H groups in total. The summed E-state index contributed by atoms with van der Waals surface area (Å²) >= 11 is 0. The first-order valence-electron chi connectivity index (χ1n) is 7.53. The fraction of sp³-hybridized carbons (Fsp3) is 0.211. The van der Waals surface area contributed by atoms with Gasteiger partial charge in [0.15, 0.2) is 17.6 Å². The van der Waals surface area contributed by atoms with E-state index in [1.807, 2.05) is 42.5 Å². The van der Waals surface area contributed by atoms with Crippen molar-refractivity contribution >= 4 is 17.3 Å². The highest BCUT2D eigenvalue weighted by Gasteiger charge is 2.19. The van der Waals surface area contributed by atoms with E-state index >= 15 is 0 Å². The normalized spacial score (nSPS) is 10.9. The fourth-order valence-corrected chi connectivity index (χ4v) is 2.74. The van der Waals surface area contributed by atoms with Crippen molar-refractivity contribution < 1.29 is 19.1 Å². The van der Waals surface area contributed by atoms with Crippen molar-refractivity contribution in [1.29, 1.82) is 0 Å². The Morgan fingerprint density at radius 2 is 2.00 bits per heavy atom. The predicted molar refractivity (Wildman–Crippen MR) is 89.0 cm³/mol. The predicted octanol–water partition coefficient (Wildman–Crippen LogP) is 3.85. The van der Waals surface area contributed by atoms with Crippen molar-refractivity contribution in [1.82, 2.24) is 0 Å². The van der Waals surface area contributed by atoms with E-state index in [-0.39, 0.29) is 6.61 Å². The summed E-state index contributed by atoms with van der Waals surface area (Å²) < 4.78 is 11.4. The number of aliphatic hydroxyl groups is 1. The van der Waals surface area contributed by atoms with Gasteiger partial charge >= 0.3 is 0 Å². The lowest BCUT2D eigenvalue weighted by atomic mass is 10.0. The molecule has 23 heavy (non-hydrogen) atoms. The number of aryl methyl sites for hydroxylation is 1. The minimum Gasteiger partial charge on any atom is -0.493 e. The highest BCUT2D eigenvalue weighted by atomic mass is 16.5. The SMILES string of the molecule is COc1cc(CCCO)cc2c(C=O)c(-c3ccccc3)oc12. The number of carbonyl (C=O) groups is 1. The number of fused-ring (bicyclic) bond motifs is 1. The summed E-state index contributed by atoms with van der Waals surface area (Å²) in [5, 5.41) is 9.76. The van der Waals surface area contributed by atoms with Crippen LogP contribution >= 0.6 is 0 Å². The monoisotopic (exact) mass is 310 g/mol. The molecule has 3 aromatic rings. The second-order valence-corrected chi connectivity index (χ2v) is 5.33. The summed E-state index contributed by atoms with van der Waals surface area (Å²) in [6, 6.07) is 13.4. The lowest BCUT2D eigenvalue weighted by molar-refractivity contribution is 0.112. The Hall–Kier alpha value is -2.59. The average molecular weight is 310 g/mol. The van der Waals surface area contributed by atoms with E-state index in [0.29, 0.717) is 35.5 Å². The molecular formula is C19H18O4. The van der Waals surface area contributed by atoms with Crippen molar-refractivity contribution in [2.24, 2.45) is 0 Å². The van der Waals surface area contributed by atoms with Gasteiger partial charge in [-0.3, -0.25) is 4.79 Å². The Balaban J connectivity index is 2.22. The molecule has 0 radical (unpaired) electrons. The van der Waals surface area contributed by atoms with Crippen LogP contribution in [0, 0.1) is 0 Å². The van der Waals surface area contributed by atoms with Crippen LogP contribution in [0.5, 0.6) is 5.75 Å². The van der Waals surface area contributed by atoms with E-state index in [1.54, 1.807) is 7.11 Å². The molecule has 1 heterocycles. The van der Waals surface area contributed by atoms with Gasteiger partial charge in [0, 0.05) is 17.6 Å². The molecule has 0 saturated carbocycles. The van der Waals surface area contributed by atoms with Crippen molar-refractivity contribution in [3.8, 4) is 17.1 Å². The zero-order valence-corrected chi connectivity index (χ0v) is 12.9. The van der Waals surface area contributed by atoms with Crippen molar-refractivity contribution in [3.05, 3.63) is 53.6 Å². The molecule has 0 spiro atoms. The number of hydrogen-bond acceptors (Lipinski definition) is 4. The molecule has 3 rings (SSSR count). The molecule has 0 aliphatic rings. The van der Waals surface area contributed by atoms with Gasteiger partial charge in [-0.05, 0) is 30.5 Å². The number of furan rings is 1. The van der Waals surface area contributed by atoms with Crippen molar-refractivity contribution in [2.45, 2.75) is 12.8 Å². The van der Waals surface area contributed by atoms with Gasteiger partial charge in [0.1, 0.15) is 5.76 Å². The number of ether oxygens (including phenoxy) is 1. The third-order valence-corrected chi connectivity index (χ3v) is 3.85. The number of methoxy groups -OCH3 is 1. The molecule has 0 saturated heterocycles. The third kappa shape index (κ3) is 2.85. The zero-order valence-electron chi connectivity index (χ0n) is 12.9. The maximum Gasteiger partial charge on any atom is 0.177 e. The van der Waals surface area contributed by atoms with Gasteiger partial charge in [-0.1, -0.05) is 30.3 Å². The number of carbonyl (C=O) groups excluding carboxylic acids is 1. The van der Waals surface area contributed by atoms with Gasteiger partial charge in [0.25, 0.3) is 0 Å². The maximum absolute atomic E-state index is 11.7. The van der Waals surface area contributed by atoms with Crippen LogP contribution in [0.25, 0.3) is 22.3 Å². The molecule has 118 valence electrons. The van der Waals surface area contributed by atoms with Gasteiger partial charge < -0.3 is 14.3 Å². The Labute approximate surface area is 134 Å². The molecule has 4 heteroatoms. The molecule has 4 nitrogen and oxygen atoms in total. The number of benzene rings is 2. The van der Waals surface area contributed by atoms with Crippen LogP contribution < -0.4 is 4.74 Å². The van der Waals surface area contributed by atoms with Gasteiger partial charge in [-0.25, -0.2) is 0 Å². The van der Waals surface area contributed by atoms with E-state index in [4.69, 9.17) is 14.3 Å². The van der Waals surface area contributed by atoms with Crippen LogP contribution in [-0.4, -0.2) is 25.1 Å². The van der Waals surface area contributed by atoms with Gasteiger partial charge in [0.2, 0.25) is 0 Å². The number of rotatable bonds is 6. The summed E-state index contributed by atoms with van der Waals surface area (Å²) in [7, 11) is 1.58. The van der Waals surface area contributed by atoms with Crippen molar-refractivity contribution in [2.75, 3.05) is 13.7 Å². The number of aliphatic hydroxyl groups excluding tert-OH is 1. The van der Waals surface area contributed by atoms with Gasteiger partial charge in [0.05, 0.1) is 12.7 Å². The topological polar surface area (TPSA) is 59.7 Å². The van der Waals surface area contributed by atoms with Crippen LogP contribution in [-0.2, 0) is 6.42 Å². The summed E-state index contributed by atoms with van der Waals surface area (Å²) in [4.78, 5) is 11.7. The van der Waals surface area contributed by atoms with Crippen LogP contribution in [0.15, 0.2) is 46.9 Å². The standard InChI is InChI=1S/C19H18O4/c1-22-17-11-13(6-5-9-20)10-15-16(12-21)18(23-19(15)17)14-7-3-2-4-8-14/h2-4,7-8,10-12,20H,5-6,9H2,1H3. The fourth-order valence-electron chi connectivity index (χ4n) is 2.74. The maximum atomic E-state index is 11.7. The van der Waals surface area contributed by atoms with Crippen LogP contribution in [0.3, 0.4) is 0 Å². The molecular weight excluding hydrogens is 292 g/mol. The summed E-state index contributed by atoms with van der Waals surface area (Å²) in [6.45, 7) is 0.127. The number of hydrogen-bond donors (Lipinski definition) is 1. The van der Waals surface area contributed by atoms with E-state index in [2.05, 4.69) is 0 Å². The number of aldehydes is 1. The Bertz CT molecular complexity index is 818. The quantitative estimate of drug-likeness (QED) is 0.703. The molecule has 0 amide bonds. The van der Waals surface area contributed by atoms with E-state index in [0.717, 1.165) is 22.8 Å². The molecule has 0 unspecified atom stereocenters. The van der Waals surface area contributed by atoms with E-state index < -0.39 is 0 Å². The van der Waals surface area contributed by atoms with Gasteiger partial charge in [-0.2, -0.15) is 0 Å². The summed E-state index contributed by atoms with van der Waals surface area (Å²) in [5.41, 5.74) is 2.95. The Kier molecular flexibility index (Phi) is 4.44. The first-order valence-corrected chi connectivity index (χ1v) is 7.53. The average Bonchev–Trinajstić information content (AvgIpc) is 2.98. The molecule has 0 aliphatic carbocycles.